The zero-order valence-corrected chi connectivity index (χ0v) is 18.9. The van der Waals surface area contributed by atoms with E-state index < -0.39 is 68.9 Å². The molecule has 0 rings (SSSR count). The molecule has 36 heavy (non-hydrogen) atoms. The Kier molecular flexibility index (Phi) is 12.1. The SMILES string of the molecule is CO.CO[Si](OC)(OC)C(F)C(F)(F)C(F)(F)C(F)(F)C(F)(F)C(F)(F)C(F)(F)C(F)C(F)C(F)F. The van der Waals surface area contributed by atoms with Crippen molar-refractivity contribution in [2.24, 2.45) is 0 Å². The minimum Gasteiger partial charge on any atom is -0.400 e. The average molecular weight is 600 g/mol. The highest BCUT2D eigenvalue weighted by Gasteiger charge is 2.93. The summed E-state index contributed by atoms with van der Waals surface area (Å²) < 4.78 is 240. The number of hydrogen-bond acceptors (Lipinski definition) is 4. The summed E-state index contributed by atoms with van der Waals surface area (Å²) in [7, 11) is -4.17. The third kappa shape index (κ3) is 5.37. The van der Waals surface area contributed by atoms with Crippen LogP contribution in [0.4, 0.5) is 74.6 Å². The molecule has 0 spiro atoms. The van der Waals surface area contributed by atoms with Crippen molar-refractivity contribution >= 4 is 8.80 Å². The van der Waals surface area contributed by atoms with Crippen LogP contribution >= 0.6 is 0 Å². The Morgan fingerprint density at radius 1 is 0.528 bits per heavy atom. The molecule has 3 atom stereocenters. The third-order valence-electron chi connectivity index (χ3n) is 4.37. The molecule has 0 heterocycles. The highest BCUT2D eigenvalue weighted by molar-refractivity contribution is 6.62. The summed E-state index contributed by atoms with van der Waals surface area (Å²) in [6.45, 7) is 0. The number of aliphatic hydroxyl groups is 1. The van der Waals surface area contributed by atoms with E-state index in [0.717, 1.165) is 7.11 Å². The minimum absolute atomic E-state index is 0.221. The lowest BCUT2D eigenvalue weighted by Crippen LogP contribution is -2.75. The summed E-state index contributed by atoms with van der Waals surface area (Å²) in [5.74, 6) is -52.8. The van der Waals surface area contributed by atoms with Gasteiger partial charge in [0, 0.05) is 28.4 Å². The lowest BCUT2D eigenvalue weighted by molar-refractivity contribution is -0.433. The fourth-order valence-electron chi connectivity index (χ4n) is 2.26. The van der Waals surface area contributed by atoms with Gasteiger partial charge in [-0.2, -0.15) is 52.7 Å². The standard InChI is InChI=1S/C13H13F17O3Si.CH4O/c1-31-34(32-2,33-3)7(18)9(21,22)11(25,26)13(29,30)12(27,28)10(23,24)8(19,20)5(15)4(14)6(16)17;1-2/h4-7H,1-3H3;2H,1H3. The first-order chi connectivity index (χ1) is 15.9. The zero-order chi connectivity index (χ0) is 29.9. The smallest absolute Gasteiger partial charge is 0.400 e. The van der Waals surface area contributed by atoms with Crippen LogP contribution in [0.1, 0.15) is 0 Å². The van der Waals surface area contributed by atoms with Crippen molar-refractivity contribution in [1.82, 2.24) is 0 Å². The van der Waals surface area contributed by atoms with Gasteiger partial charge in [0.1, 0.15) is 0 Å². The molecule has 0 aliphatic heterocycles. The van der Waals surface area contributed by atoms with Crippen molar-refractivity contribution in [3.63, 3.8) is 0 Å². The van der Waals surface area contributed by atoms with E-state index in [1.165, 1.54) is 0 Å². The lowest BCUT2D eigenvalue weighted by Gasteiger charge is -2.43. The first-order valence-electron chi connectivity index (χ1n) is 8.43. The van der Waals surface area contributed by atoms with E-state index >= 15 is 0 Å². The van der Waals surface area contributed by atoms with Crippen molar-refractivity contribution in [2.75, 3.05) is 28.4 Å². The van der Waals surface area contributed by atoms with Crippen molar-refractivity contribution in [2.45, 2.75) is 60.1 Å². The first-order valence-corrected chi connectivity index (χ1v) is 10.2. The molecule has 0 aromatic rings. The van der Waals surface area contributed by atoms with Gasteiger partial charge in [0.25, 0.3) is 6.43 Å². The summed E-state index contributed by atoms with van der Waals surface area (Å²) >= 11 is 0. The van der Waals surface area contributed by atoms with E-state index in [1.807, 2.05) is 0 Å². The van der Waals surface area contributed by atoms with E-state index in [0.29, 0.717) is 0 Å². The Bertz CT molecular complexity index is 680. The van der Waals surface area contributed by atoms with E-state index in [1.54, 1.807) is 0 Å². The Balaban J connectivity index is 0. The van der Waals surface area contributed by atoms with Gasteiger partial charge in [0.05, 0.1) is 0 Å². The monoisotopic (exact) mass is 600 g/mol. The Morgan fingerprint density at radius 2 is 0.806 bits per heavy atom. The number of hydrogen-bond donors (Lipinski definition) is 1. The molecule has 0 aliphatic carbocycles. The normalized spacial score (nSPS) is 17.4. The van der Waals surface area contributed by atoms with Crippen molar-refractivity contribution in [1.29, 1.82) is 0 Å². The highest BCUT2D eigenvalue weighted by atomic mass is 28.4. The molecular formula is C14H17F17O4Si. The maximum Gasteiger partial charge on any atom is 0.543 e. The summed E-state index contributed by atoms with van der Waals surface area (Å²) in [5, 5.41) is 7.00. The third-order valence-corrected chi connectivity index (χ3v) is 7.06. The van der Waals surface area contributed by atoms with Crippen LogP contribution in [0.15, 0.2) is 0 Å². The molecule has 0 amide bonds. The fraction of sp³-hybridized carbons (Fsp3) is 1.00. The quantitative estimate of drug-likeness (QED) is 0.236. The molecule has 0 saturated carbocycles. The van der Waals surface area contributed by atoms with Crippen molar-refractivity contribution in [3.8, 4) is 0 Å². The number of aliphatic hydroxyl groups excluding tert-OH is 1. The summed E-state index contributed by atoms with van der Waals surface area (Å²) in [6, 6.07) is 0. The van der Waals surface area contributed by atoms with Crippen LogP contribution in [0.25, 0.3) is 0 Å². The van der Waals surface area contributed by atoms with Crippen LogP contribution in [0.5, 0.6) is 0 Å². The fourth-order valence-corrected chi connectivity index (χ4v) is 4.00. The molecule has 0 aromatic heterocycles. The van der Waals surface area contributed by atoms with Crippen LogP contribution in [0, 0.1) is 0 Å². The second-order valence-corrected chi connectivity index (χ2v) is 9.24. The molecule has 0 radical (unpaired) electrons. The average Bonchev–Trinajstić information content (AvgIpc) is 2.79. The van der Waals surface area contributed by atoms with Crippen LogP contribution in [-0.4, -0.2) is 102 Å². The van der Waals surface area contributed by atoms with Gasteiger partial charge in [-0.15, -0.1) is 0 Å². The summed E-state index contributed by atoms with van der Waals surface area (Å²) in [4.78, 5) is 0. The molecular weight excluding hydrogens is 583 g/mol. The van der Waals surface area contributed by atoms with E-state index in [4.69, 9.17) is 5.11 Å². The Labute approximate surface area is 191 Å². The van der Waals surface area contributed by atoms with Crippen LogP contribution in [-0.2, 0) is 13.3 Å². The lowest BCUT2D eigenvalue weighted by atomic mass is 9.89. The summed E-state index contributed by atoms with van der Waals surface area (Å²) in [5.41, 5.74) is 0. The minimum atomic E-state index is -8.44. The Morgan fingerprint density at radius 3 is 1.06 bits per heavy atom. The largest absolute Gasteiger partial charge is 0.543 e. The van der Waals surface area contributed by atoms with Gasteiger partial charge >= 0.3 is 44.3 Å². The molecule has 3 unspecified atom stereocenters. The number of alkyl halides is 17. The molecule has 220 valence electrons. The number of rotatable bonds is 13. The second kappa shape index (κ2) is 11.7. The maximum absolute atomic E-state index is 14.1. The topological polar surface area (TPSA) is 47.9 Å². The Hall–Kier alpha value is -1.13. The van der Waals surface area contributed by atoms with Crippen LogP contribution < -0.4 is 0 Å². The van der Waals surface area contributed by atoms with Gasteiger partial charge in [-0.25, -0.2) is 22.0 Å². The van der Waals surface area contributed by atoms with Crippen molar-refractivity contribution in [3.05, 3.63) is 0 Å². The van der Waals surface area contributed by atoms with Crippen molar-refractivity contribution < 1.29 is 93.0 Å². The number of halogens is 17. The maximum atomic E-state index is 14.1. The molecule has 0 aliphatic rings. The molecule has 0 aromatic carbocycles. The molecule has 0 fully saturated rings. The van der Waals surface area contributed by atoms with E-state index in [-0.39, 0.29) is 21.3 Å². The second-order valence-electron chi connectivity index (χ2n) is 6.30. The predicted molar refractivity (Wildman–Crippen MR) is 85.3 cm³/mol. The zero-order valence-electron chi connectivity index (χ0n) is 17.9. The van der Waals surface area contributed by atoms with Gasteiger partial charge in [-0.1, -0.05) is 0 Å². The highest BCUT2D eigenvalue weighted by Crippen LogP contribution is 2.62. The molecule has 1 N–H and O–H groups in total. The molecule has 0 saturated heterocycles. The van der Waals surface area contributed by atoms with Gasteiger partial charge < -0.3 is 18.4 Å². The van der Waals surface area contributed by atoms with Gasteiger partial charge in [-0.05, 0) is 0 Å². The van der Waals surface area contributed by atoms with E-state index in [9.17, 15) is 74.6 Å². The molecule has 22 heteroatoms. The van der Waals surface area contributed by atoms with Gasteiger partial charge in [0.2, 0.25) is 12.0 Å². The van der Waals surface area contributed by atoms with Gasteiger partial charge in [0.15, 0.2) is 6.17 Å². The molecule has 4 nitrogen and oxygen atoms in total. The van der Waals surface area contributed by atoms with Crippen LogP contribution in [0.2, 0.25) is 0 Å². The first kappa shape index (κ1) is 37.0. The van der Waals surface area contributed by atoms with Crippen LogP contribution in [0.3, 0.4) is 0 Å². The van der Waals surface area contributed by atoms with Gasteiger partial charge in [-0.3, -0.25) is 0 Å². The molecule has 0 bridgehead atoms. The summed E-state index contributed by atoms with van der Waals surface area (Å²) in [6.07, 6.45) is -15.7. The van der Waals surface area contributed by atoms with E-state index in [2.05, 4.69) is 13.3 Å². The predicted octanol–water partition coefficient (Wildman–Crippen LogP) is 5.10.